The smallest absolute Gasteiger partial charge is 0.0893 e. The van der Waals surface area contributed by atoms with E-state index in [0.29, 0.717) is 5.02 Å². The van der Waals surface area contributed by atoms with Gasteiger partial charge in [-0.05, 0) is 107 Å². The summed E-state index contributed by atoms with van der Waals surface area (Å²) in [6.45, 7) is 0. The number of halogens is 1. The minimum Gasteiger partial charge on any atom is -0.309 e. The van der Waals surface area contributed by atoms with Crippen molar-refractivity contribution in [2.75, 3.05) is 0 Å². The van der Waals surface area contributed by atoms with Gasteiger partial charge >= 0.3 is 0 Å². The molecule has 0 saturated heterocycles. The van der Waals surface area contributed by atoms with Gasteiger partial charge in [-0.1, -0.05) is 188 Å². The van der Waals surface area contributed by atoms with Crippen LogP contribution in [0.1, 0.15) is 0 Å². The fourth-order valence-corrected chi connectivity index (χ4v) is 12.3. The molecule has 4 heterocycles. The average Bonchev–Trinajstić information content (AvgIpc) is 4.22. The molecule has 0 N–H and O–H groups in total. The fraction of sp³-hybridized carbons (Fsp3) is 0. The molecule has 0 bridgehead atoms. The van der Waals surface area contributed by atoms with Crippen LogP contribution in [0.2, 0.25) is 5.02 Å². The van der Waals surface area contributed by atoms with Gasteiger partial charge in [0.15, 0.2) is 0 Å². The van der Waals surface area contributed by atoms with Crippen LogP contribution in [0.25, 0.3) is 133 Å². The van der Waals surface area contributed by atoms with Gasteiger partial charge < -0.3 is 18.3 Å². The normalized spacial score (nSPS) is 11.9. The van der Waals surface area contributed by atoms with Crippen LogP contribution >= 0.6 is 11.6 Å². The third kappa shape index (κ3) is 6.27. The number of nitrogens with zero attached hydrogens (tertiary/aromatic N) is 4. The van der Waals surface area contributed by atoms with Gasteiger partial charge in [-0.25, -0.2) is 0 Å². The number of rotatable bonds is 7. The predicted molar refractivity (Wildman–Crippen MR) is 308 cm³/mol. The lowest BCUT2D eigenvalue weighted by atomic mass is 9.98. The van der Waals surface area contributed by atoms with E-state index < -0.39 is 0 Å². The third-order valence-corrected chi connectivity index (χ3v) is 15.4. The summed E-state index contributed by atoms with van der Waals surface area (Å²) in [4.78, 5) is 0. The summed E-state index contributed by atoms with van der Waals surface area (Å²) in [5.41, 5.74) is 18.6. The van der Waals surface area contributed by atoms with Crippen LogP contribution in [-0.4, -0.2) is 18.3 Å². The Morgan fingerprint density at radius 1 is 0.247 bits per heavy atom. The van der Waals surface area contributed by atoms with Crippen LogP contribution in [0.5, 0.6) is 0 Å². The highest BCUT2D eigenvalue weighted by molar-refractivity contribution is 6.38. The van der Waals surface area contributed by atoms with Crippen LogP contribution in [0.4, 0.5) is 0 Å². The van der Waals surface area contributed by atoms with Gasteiger partial charge in [0.1, 0.15) is 0 Å². The Hall–Kier alpha value is -9.35. The van der Waals surface area contributed by atoms with E-state index in [4.69, 9.17) is 11.6 Å². The number of hydrogen-bond acceptors (Lipinski definition) is 0. The highest BCUT2D eigenvalue weighted by atomic mass is 35.5. The van der Waals surface area contributed by atoms with Crippen molar-refractivity contribution in [2.45, 2.75) is 0 Å². The summed E-state index contributed by atoms with van der Waals surface area (Å²) < 4.78 is 9.62. The summed E-state index contributed by atoms with van der Waals surface area (Å²) in [6.07, 6.45) is 0. The summed E-state index contributed by atoms with van der Waals surface area (Å²) in [7, 11) is 0. The van der Waals surface area contributed by atoms with Crippen molar-refractivity contribution in [2.24, 2.45) is 0 Å². The Balaban J connectivity index is 1.05. The molecule has 0 aliphatic rings. The number of aromatic nitrogens is 4. The summed E-state index contributed by atoms with van der Waals surface area (Å²) in [5.74, 6) is 0. The zero-order chi connectivity index (χ0) is 48.1. The number of benzene rings is 11. The Kier molecular flexibility index (Phi) is 9.28. The maximum Gasteiger partial charge on any atom is 0.0893 e. The van der Waals surface area contributed by atoms with Gasteiger partial charge in [0, 0.05) is 60.3 Å². The molecular formula is C68H43ClN4. The lowest BCUT2D eigenvalue weighted by Gasteiger charge is -2.17. The topological polar surface area (TPSA) is 19.7 Å². The van der Waals surface area contributed by atoms with Crippen LogP contribution in [0.3, 0.4) is 0 Å². The molecule has 342 valence electrons. The van der Waals surface area contributed by atoms with E-state index in [-0.39, 0.29) is 0 Å². The molecule has 0 fully saturated rings. The molecule has 5 heteroatoms. The quantitative estimate of drug-likeness (QED) is 0.152. The molecule has 73 heavy (non-hydrogen) atoms. The second kappa shape index (κ2) is 16.4. The number of hydrogen-bond donors (Lipinski definition) is 0. The predicted octanol–water partition coefficient (Wildman–Crippen LogP) is 18.6. The molecule has 15 rings (SSSR count). The van der Waals surface area contributed by atoms with Crippen molar-refractivity contribution in [3.05, 3.63) is 266 Å². The van der Waals surface area contributed by atoms with Gasteiger partial charge in [-0.15, -0.1) is 0 Å². The first kappa shape index (κ1) is 41.4. The monoisotopic (exact) mass is 950 g/mol. The lowest BCUT2D eigenvalue weighted by Crippen LogP contribution is -2.01. The first-order valence-electron chi connectivity index (χ1n) is 24.9. The summed E-state index contributed by atoms with van der Waals surface area (Å²) in [5, 5.41) is 8.94. The van der Waals surface area contributed by atoms with Crippen molar-refractivity contribution in [1.82, 2.24) is 18.3 Å². The van der Waals surface area contributed by atoms with Crippen molar-refractivity contribution in [3.8, 4) is 56.3 Å². The molecule has 0 aliphatic carbocycles. The maximum absolute atomic E-state index is 8.24. The minimum atomic E-state index is 0.665. The Labute approximate surface area is 426 Å². The van der Waals surface area contributed by atoms with Crippen LogP contribution in [0, 0.1) is 0 Å². The standard InChI is InChI=1S/C68H43ClN4/c69-66-64(40-37-55-65(45-21-6-2-7-22-45)67(46-23-8-3-9-24-46)72(68(55)66)48-26-18-25-47(41-48)44-19-4-1-5-20-44)73-62-38-35-49(70-58-31-14-10-27-51(58)52-28-11-15-32-59(52)70)42-56(62)57-43-50(36-39-63(57)73)71-60-33-16-12-29-53(60)54-30-13-17-34-61(54)71/h1-43H. The zero-order valence-electron chi connectivity index (χ0n) is 39.5. The second-order valence-corrected chi connectivity index (χ2v) is 19.4. The first-order chi connectivity index (χ1) is 36.2. The molecule has 0 unspecified atom stereocenters. The van der Waals surface area contributed by atoms with Crippen LogP contribution in [0.15, 0.2) is 261 Å². The van der Waals surface area contributed by atoms with Crippen LogP contribution < -0.4 is 0 Å². The van der Waals surface area contributed by atoms with E-state index in [9.17, 15) is 0 Å². The highest BCUT2D eigenvalue weighted by Gasteiger charge is 2.27. The number of para-hydroxylation sites is 4. The third-order valence-electron chi connectivity index (χ3n) is 15.0. The molecule has 4 nitrogen and oxygen atoms in total. The Morgan fingerprint density at radius 3 is 1.16 bits per heavy atom. The summed E-state index contributed by atoms with van der Waals surface area (Å²) >= 11 is 8.24. The Morgan fingerprint density at radius 2 is 0.658 bits per heavy atom. The molecule has 15 aromatic rings. The molecule has 11 aromatic carbocycles. The number of fused-ring (bicyclic) bond motifs is 10. The molecule has 0 radical (unpaired) electrons. The summed E-state index contributed by atoms with van der Waals surface area (Å²) in [6, 6.07) is 94.4. The van der Waals surface area contributed by atoms with E-state index in [1.165, 1.54) is 43.6 Å². The minimum absolute atomic E-state index is 0.665. The maximum atomic E-state index is 8.24. The van der Waals surface area contributed by atoms with E-state index in [0.717, 1.165) is 89.0 Å². The van der Waals surface area contributed by atoms with Gasteiger partial charge in [0.2, 0.25) is 0 Å². The van der Waals surface area contributed by atoms with Gasteiger partial charge in [0.05, 0.1) is 55.0 Å². The average molecular weight is 952 g/mol. The van der Waals surface area contributed by atoms with Crippen molar-refractivity contribution in [1.29, 1.82) is 0 Å². The van der Waals surface area contributed by atoms with Gasteiger partial charge in [-0.3, -0.25) is 0 Å². The molecule has 0 spiro atoms. The van der Waals surface area contributed by atoms with Crippen molar-refractivity contribution in [3.63, 3.8) is 0 Å². The Bertz CT molecular complexity index is 4390. The SMILES string of the molecule is Clc1c(-n2c3ccc(-n4c5ccccc5c5ccccc54)cc3c3cc(-n4c5ccccc5c5ccccc54)ccc32)ccc2c(-c3ccccc3)c(-c3ccccc3)n(-c3cccc(-c4ccccc4)c3)c12. The van der Waals surface area contributed by atoms with Gasteiger partial charge in [0.25, 0.3) is 0 Å². The molecular weight excluding hydrogens is 908 g/mol. The molecule has 0 aliphatic heterocycles. The fourth-order valence-electron chi connectivity index (χ4n) is 11.9. The zero-order valence-corrected chi connectivity index (χ0v) is 40.2. The second-order valence-electron chi connectivity index (χ2n) is 19.0. The van der Waals surface area contributed by atoms with E-state index in [1.807, 2.05) is 0 Å². The van der Waals surface area contributed by atoms with Crippen molar-refractivity contribution >= 4 is 87.9 Å². The van der Waals surface area contributed by atoms with Crippen LogP contribution in [-0.2, 0) is 0 Å². The molecule has 0 atom stereocenters. The van der Waals surface area contributed by atoms with E-state index >= 15 is 0 Å². The molecule has 0 saturated carbocycles. The molecule has 4 aromatic heterocycles. The lowest BCUT2D eigenvalue weighted by molar-refractivity contribution is 1.12. The first-order valence-corrected chi connectivity index (χ1v) is 25.2. The molecule has 0 amide bonds. The highest BCUT2D eigenvalue weighted by Crippen LogP contribution is 2.48. The van der Waals surface area contributed by atoms with E-state index in [2.05, 4.69) is 279 Å². The van der Waals surface area contributed by atoms with E-state index in [1.54, 1.807) is 0 Å². The largest absolute Gasteiger partial charge is 0.309 e. The van der Waals surface area contributed by atoms with Crippen molar-refractivity contribution < 1.29 is 0 Å². The van der Waals surface area contributed by atoms with Gasteiger partial charge in [-0.2, -0.15) is 0 Å².